The highest BCUT2D eigenvalue weighted by atomic mass is 16.5. The molecule has 0 rings (SSSR count). The zero-order valence-corrected chi connectivity index (χ0v) is 50.5. The van der Waals surface area contributed by atoms with Gasteiger partial charge in [-0.1, -0.05) is 307 Å². The van der Waals surface area contributed by atoms with Gasteiger partial charge in [-0.3, -0.25) is 9.59 Å². The van der Waals surface area contributed by atoms with Crippen LogP contribution in [0, 0.1) is 0 Å². The summed E-state index contributed by atoms with van der Waals surface area (Å²) >= 11 is 0. The van der Waals surface area contributed by atoms with Gasteiger partial charge in [0.1, 0.15) is 0 Å². The van der Waals surface area contributed by atoms with Gasteiger partial charge in [-0.25, -0.2) is 0 Å². The van der Waals surface area contributed by atoms with Crippen LogP contribution in [0.3, 0.4) is 0 Å². The summed E-state index contributed by atoms with van der Waals surface area (Å²) in [4.78, 5) is 24.6. The number of carbonyl (C=O) groups excluding carboxylic acids is 2. The molecule has 0 aliphatic carbocycles. The Morgan fingerprint density at radius 3 is 1.05 bits per heavy atom. The van der Waals surface area contributed by atoms with Gasteiger partial charge in [-0.05, 0) is 83.5 Å². The van der Waals surface area contributed by atoms with E-state index in [-0.39, 0.29) is 18.5 Å². The summed E-state index contributed by atoms with van der Waals surface area (Å²) in [7, 11) is 0. The Bertz CT molecular complexity index is 1210. The van der Waals surface area contributed by atoms with Gasteiger partial charge in [-0.15, -0.1) is 0 Å². The average Bonchev–Trinajstić information content (AvgIpc) is 3.41. The SMILES string of the molecule is CCCCC/C=C\C/C=C\CCCCCCCCCCCC(=O)OCCCCCCCCCCC/C=C\CCCCCCCC(=O)NC(CO)C(O)CCCCCCCCCCCCCCCCCCCCCCC. The maximum absolute atomic E-state index is 12.5. The molecule has 1 amide bonds. The molecular formula is C69H131NO5. The topological polar surface area (TPSA) is 95.9 Å². The molecule has 0 spiro atoms. The van der Waals surface area contributed by atoms with E-state index in [0.29, 0.717) is 25.9 Å². The highest BCUT2D eigenvalue weighted by Crippen LogP contribution is 2.18. The van der Waals surface area contributed by atoms with Gasteiger partial charge in [0.15, 0.2) is 0 Å². The minimum Gasteiger partial charge on any atom is -0.466 e. The number of unbranched alkanes of at least 4 members (excludes halogenated alkanes) is 46. The first kappa shape index (κ1) is 73.1. The lowest BCUT2D eigenvalue weighted by Crippen LogP contribution is -2.45. The number of carbonyl (C=O) groups is 2. The Kier molecular flexibility index (Phi) is 63.0. The Morgan fingerprint density at radius 2 is 0.667 bits per heavy atom. The minimum absolute atomic E-state index is 0.000108. The van der Waals surface area contributed by atoms with E-state index in [1.165, 1.54) is 270 Å². The molecule has 6 heteroatoms. The lowest BCUT2D eigenvalue weighted by molar-refractivity contribution is -0.143. The Hall–Kier alpha value is -1.92. The van der Waals surface area contributed by atoms with Crippen molar-refractivity contribution in [2.75, 3.05) is 13.2 Å². The molecule has 0 fully saturated rings. The van der Waals surface area contributed by atoms with Gasteiger partial charge < -0.3 is 20.3 Å². The Morgan fingerprint density at radius 1 is 0.373 bits per heavy atom. The van der Waals surface area contributed by atoms with E-state index < -0.39 is 12.1 Å². The Balaban J connectivity index is 3.43. The molecule has 0 aliphatic heterocycles. The lowest BCUT2D eigenvalue weighted by atomic mass is 10.0. The Labute approximate surface area is 468 Å². The number of amides is 1. The first-order valence-electron chi connectivity index (χ1n) is 33.7. The second-order valence-electron chi connectivity index (χ2n) is 23.1. The van der Waals surface area contributed by atoms with Gasteiger partial charge in [-0.2, -0.15) is 0 Å². The van der Waals surface area contributed by atoms with E-state index in [0.717, 1.165) is 64.2 Å². The standard InChI is InChI=1S/C69H131NO5/c1-3-5-7-9-11-13-15-17-19-21-23-24-26-29-33-37-41-45-49-53-57-61-67(72)66(65-71)70-68(73)62-58-54-50-46-42-38-34-30-27-28-32-36-40-44-48-52-56-60-64-75-69(74)63-59-55-51-47-43-39-35-31-25-22-20-18-16-14-12-10-8-6-4-2/h12,14,18,20,30,34,66-67,71-72H,3-11,13,15-17,19,21-29,31-33,35-65H2,1-2H3,(H,70,73)/b14-12-,20-18-,34-30-. The molecule has 0 radical (unpaired) electrons. The van der Waals surface area contributed by atoms with Crippen LogP contribution in [0.4, 0.5) is 0 Å². The third kappa shape index (κ3) is 61.2. The zero-order chi connectivity index (χ0) is 54.3. The number of aliphatic hydroxyl groups is 2. The van der Waals surface area contributed by atoms with Gasteiger partial charge in [0.25, 0.3) is 0 Å². The number of nitrogens with one attached hydrogen (secondary N) is 1. The molecule has 0 aromatic carbocycles. The molecule has 6 nitrogen and oxygen atoms in total. The van der Waals surface area contributed by atoms with E-state index in [1.54, 1.807) is 0 Å². The number of rotatable bonds is 63. The van der Waals surface area contributed by atoms with Crippen LogP contribution in [-0.4, -0.2) is 47.4 Å². The smallest absolute Gasteiger partial charge is 0.305 e. The molecule has 0 saturated heterocycles. The van der Waals surface area contributed by atoms with Gasteiger partial charge in [0.2, 0.25) is 5.91 Å². The van der Waals surface area contributed by atoms with Crippen LogP contribution < -0.4 is 5.32 Å². The van der Waals surface area contributed by atoms with E-state index in [2.05, 4.69) is 55.6 Å². The molecule has 2 atom stereocenters. The van der Waals surface area contributed by atoms with E-state index in [1.807, 2.05) is 0 Å². The molecule has 0 saturated carbocycles. The van der Waals surface area contributed by atoms with Crippen LogP contribution in [0.15, 0.2) is 36.5 Å². The summed E-state index contributed by atoms with van der Waals surface area (Å²) in [6.45, 7) is 4.94. The average molecular weight is 1050 g/mol. The molecule has 0 aliphatic rings. The molecule has 0 bridgehead atoms. The normalized spacial score (nSPS) is 12.7. The summed E-state index contributed by atoms with van der Waals surface area (Å²) < 4.78 is 5.50. The van der Waals surface area contributed by atoms with Gasteiger partial charge >= 0.3 is 5.97 Å². The predicted molar refractivity (Wildman–Crippen MR) is 329 cm³/mol. The summed E-state index contributed by atoms with van der Waals surface area (Å²) in [6.07, 6.45) is 81.6. The van der Waals surface area contributed by atoms with E-state index >= 15 is 0 Å². The number of esters is 1. The first-order valence-corrected chi connectivity index (χ1v) is 33.7. The molecular weight excluding hydrogens is 923 g/mol. The van der Waals surface area contributed by atoms with Crippen LogP contribution in [0.25, 0.3) is 0 Å². The monoisotopic (exact) mass is 1050 g/mol. The van der Waals surface area contributed by atoms with Gasteiger partial charge in [0, 0.05) is 12.8 Å². The first-order chi connectivity index (χ1) is 37.0. The van der Waals surface area contributed by atoms with Crippen LogP contribution in [-0.2, 0) is 14.3 Å². The van der Waals surface area contributed by atoms with Crippen LogP contribution in [0.1, 0.15) is 367 Å². The van der Waals surface area contributed by atoms with Crippen molar-refractivity contribution in [2.45, 2.75) is 379 Å². The summed E-state index contributed by atoms with van der Waals surface area (Å²) in [5.74, 6) is -0.0462. The van der Waals surface area contributed by atoms with Crippen LogP contribution in [0.2, 0.25) is 0 Å². The van der Waals surface area contributed by atoms with Crippen molar-refractivity contribution < 1.29 is 24.5 Å². The fourth-order valence-electron chi connectivity index (χ4n) is 10.5. The zero-order valence-electron chi connectivity index (χ0n) is 50.5. The van der Waals surface area contributed by atoms with E-state index in [9.17, 15) is 19.8 Å². The number of ether oxygens (including phenoxy) is 1. The van der Waals surface area contributed by atoms with Crippen molar-refractivity contribution in [1.82, 2.24) is 5.32 Å². The molecule has 0 aromatic heterocycles. The molecule has 0 aromatic rings. The lowest BCUT2D eigenvalue weighted by Gasteiger charge is -2.22. The highest BCUT2D eigenvalue weighted by molar-refractivity contribution is 5.76. The van der Waals surface area contributed by atoms with Crippen molar-refractivity contribution in [1.29, 1.82) is 0 Å². The minimum atomic E-state index is -0.675. The molecule has 2 unspecified atom stereocenters. The van der Waals surface area contributed by atoms with Crippen molar-refractivity contribution >= 4 is 11.9 Å². The maximum atomic E-state index is 12.5. The van der Waals surface area contributed by atoms with Crippen molar-refractivity contribution in [2.24, 2.45) is 0 Å². The molecule has 442 valence electrons. The second-order valence-corrected chi connectivity index (χ2v) is 23.1. The van der Waals surface area contributed by atoms with Crippen LogP contribution >= 0.6 is 0 Å². The number of hydrogen-bond donors (Lipinski definition) is 3. The molecule has 3 N–H and O–H groups in total. The van der Waals surface area contributed by atoms with Crippen molar-refractivity contribution in [3.8, 4) is 0 Å². The predicted octanol–water partition coefficient (Wildman–Crippen LogP) is 21.5. The van der Waals surface area contributed by atoms with E-state index in [4.69, 9.17) is 4.74 Å². The number of allylic oxidation sites excluding steroid dienone is 6. The largest absolute Gasteiger partial charge is 0.466 e. The van der Waals surface area contributed by atoms with Crippen molar-refractivity contribution in [3.05, 3.63) is 36.5 Å². The van der Waals surface area contributed by atoms with Gasteiger partial charge in [0.05, 0.1) is 25.4 Å². The molecule has 75 heavy (non-hydrogen) atoms. The number of aliphatic hydroxyl groups excluding tert-OH is 2. The summed E-state index contributed by atoms with van der Waals surface area (Å²) in [5, 5.41) is 23.4. The maximum Gasteiger partial charge on any atom is 0.305 e. The van der Waals surface area contributed by atoms with Crippen LogP contribution in [0.5, 0.6) is 0 Å². The fraction of sp³-hybridized carbons (Fsp3) is 0.884. The quantitative estimate of drug-likeness (QED) is 0.0320. The second kappa shape index (κ2) is 64.6. The third-order valence-corrected chi connectivity index (χ3v) is 15.7. The molecule has 0 heterocycles. The van der Waals surface area contributed by atoms with Crippen molar-refractivity contribution in [3.63, 3.8) is 0 Å². The fourth-order valence-corrected chi connectivity index (χ4v) is 10.5. The third-order valence-electron chi connectivity index (χ3n) is 15.7. The highest BCUT2D eigenvalue weighted by Gasteiger charge is 2.20. The number of hydrogen-bond acceptors (Lipinski definition) is 5. The summed E-state index contributed by atoms with van der Waals surface area (Å²) in [6, 6.07) is -0.553. The summed E-state index contributed by atoms with van der Waals surface area (Å²) in [5.41, 5.74) is 0.